The lowest BCUT2D eigenvalue weighted by molar-refractivity contribution is 0.581. The Morgan fingerprint density at radius 3 is 2.48 bits per heavy atom. The molecule has 23 heavy (non-hydrogen) atoms. The summed E-state index contributed by atoms with van der Waals surface area (Å²) < 4.78 is 27.4. The van der Waals surface area contributed by atoms with Crippen molar-refractivity contribution >= 4 is 20.9 Å². The Kier molecular flexibility index (Phi) is 4.15. The molecule has 5 heteroatoms. The summed E-state index contributed by atoms with van der Waals surface area (Å²) in [5, 5.41) is 1.04. The SMILES string of the molecule is Cc1ccc(S(=O)(=O)NCc2ccc(C)c3cccnc23)cc1. The third kappa shape index (κ3) is 3.25. The highest BCUT2D eigenvalue weighted by Gasteiger charge is 2.14. The molecule has 0 atom stereocenters. The van der Waals surface area contributed by atoms with Crippen LogP contribution in [0.2, 0.25) is 0 Å². The predicted octanol–water partition coefficient (Wildman–Crippen LogP) is 3.33. The molecular formula is C18H18N2O2S. The van der Waals surface area contributed by atoms with E-state index in [1.807, 2.05) is 38.1 Å². The summed E-state index contributed by atoms with van der Waals surface area (Å²) in [6.07, 6.45) is 1.72. The average Bonchev–Trinajstić information content (AvgIpc) is 2.55. The van der Waals surface area contributed by atoms with E-state index in [-0.39, 0.29) is 11.4 Å². The van der Waals surface area contributed by atoms with Crippen molar-refractivity contribution in [2.75, 3.05) is 0 Å². The van der Waals surface area contributed by atoms with E-state index in [4.69, 9.17) is 0 Å². The largest absolute Gasteiger partial charge is 0.256 e. The molecule has 4 nitrogen and oxygen atoms in total. The van der Waals surface area contributed by atoms with Crippen molar-refractivity contribution in [3.8, 4) is 0 Å². The molecule has 0 saturated heterocycles. The van der Waals surface area contributed by atoms with Crippen LogP contribution < -0.4 is 4.72 Å². The lowest BCUT2D eigenvalue weighted by Crippen LogP contribution is -2.23. The Balaban J connectivity index is 1.89. The van der Waals surface area contributed by atoms with Crippen LogP contribution in [-0.4, -0.2) is 13.4 Å². The molecule has 0 bridgehead atoms. The molecule has 3 aromatic rings. The van der Waals surface area contributed by atoms with Crippen LogP contribution in [0.15, 0.2) is 59.6 Å². The van der Waals surface area contributed by atoms with Gasteiger partial charge in [-0.25, -0.2) is 13.1 Å². The van der Waals surface area contributed by atoms with E-state index < -0.39 is 10.0 Å². The lowest BCUT2D eigenvalue weighted by atomic mass is 10.1. The molecule has 0 spiro atoms. The monoisotopic (exact) mass is 326 g/mol. The van der Waals surface area contributed by atoms with E-state index in [9.17, 15) is 8.42 Å². The summed E-state index contributed by atoms with van der Waals surface area (Å²) in [7, 11) is -3.53. The van der Waals surface area contributed by atoms with Crippen molar-refractivity contribution < 1.29 is 8.42 Å². The summed E-state index contributed by atoms with van der Waals surface area (Å²) >= 11 is 0. The fourth-order valence-electron chi connectivity index (χ4n) is 2.49. The number of hydrogen-bond donors (Lipinski definition) is 1. The van der Waals surface area contributed by atoms with Crippen LogP contribution in [0.4, 0.5) is 0 Å². The van der Waals surface area contributed by atoms with Crippen molar-refractivity contribution in [1.29, 1.82) is 0 Å². The number of fused-ring (bicyclic) bond motifs is 1. The predicted molar refractivity (Wildman–Crippen MR) is 91.7 cm³/mol. The van der Waals surface area contributed by atoms with Gasteiger partial charge in [0.2, 0.25) is 10.0 Å². The van der Waals surface area contributed by atoms with Gasteiger partial charge in [-0.1, -0.05) is 35.9 Å². The van der Waals surface area contributed by atoms with Crippen molar-refractivity contribution in [2.24, 2.45) is 0 Å². The van der Waals surface area contributed by atoms with Crippen molar-refractivity contribution in [3.63, 3.8) is 0 Å². The van der Waals surface area contributed by atoms with Crippen LogP contribution in [0, 0.1) is 13.8 Å². The van der Waals surface area contributed by atoms with Crippen LogP contribution in [0.25, 0.3) is 10.9 Å². The Labute approximate surface area is 136 Å². The van der Waals surface area contributed by atoms with Gasteiger partial charge in [-0.15, -0.1) is 0 Å². The molecule has 0 fully saturated rings. The quantitative estimate of drug-likeness (QED) is 0.800. The zero-order valence-electron chi connectivity index (χ0n) is 13.1. The van der Waals surface area contributed by atoms with Gasteiger partial charge in [0, 0.05) is 18.1 Å². The van der Waals surface area contributed by atoms with Gasteiger partial charge in [-0.2, -0.15) is 0 Å². The highest BCUT2D eigenvalue weighted by Crippen LogP contribution is 2.20. The number of aromatic nitrogens is 1. The third-order valence-corrected chi connectivity index (χ3v) is 5.27. The van der Waals surface area contributed by atoms with Gasteiger partial charge in [0.1, 0.15) is 0 Å². The van der Waals surface area contributed by atoms with E-state index in [1.165, 1.54) is 0 Å². The zero-order valence-corrected chi connectivity index (χ0v) is 13.9. The van der Waals surface area contributed by atoms with Gasteiger partial charge < -0.3 is 0 Å². The van der Waals surface area contributed by atoms with Gasteiger partial charge in [0.05, 0.1) is 10.4 Å². The van der Waals surface area contributed by atoms with Crippen LogP contribution in [-0.2, 0) is 16.6 Å². The first-order chi connectivity index (χ1) is 11.0. The number of nitrogens with one attached hydrogen (secondary N) is 1. The van der Waals surface area contributed by atoms with E-state index in [2.05, 4.69) is 9.71 Å². The van der Waals surface area contributed by atoms with Crippen LogP contribution >= 0.6 is 0 Å². The van der Waals surface area contributed by atoms with Gasteiger partial charge in [-0.3, -0.25) is 4.98 Å². The average molecular weight is 326 g/mol. The molecule has 118 valence electrons. The molecule has 1 aromatic heterocycles. The highest BCUT2D eigenvalue weighted by molar-refractivity contribution is 7.89. The molecule has 0 aliphatic rings. The lowest BCUT2D eigenvalue weighted by Gasteiger charge is -2.10. The third-order valence-electron chi connectivity index (χ3n) is 3.86. The standard InChI is InChI=1S/C18H18N2O2S/c1-13-5-9-16(10-6-13)23(21,22)20-12-15-8-7-14(2)17-4-3-11-19-18(15)17/h3-11,20H,12H2,1-2H3. The fraction of sp³-hybridized carbons (Fsp3) is 0.167. The Bertz CT molecular complexity index is 948. The van der Waals surface area contributed by atoms with Crippen LogP contribution in [0.1, 0.15) is 16.7 Å². The van der Waals surface area contributed by atoms with Crippen molar-refractivity contribution in [1.82, 2.24) is 9.71 Å². The van der Waals surface area contributed by atoms with Crippen LogP contribution in [0.5, 0.6) is 0 Å². The molecule has 0 radical (unpaired) electrons. The van der Waals surface area contributed by atoms with Gasteiger partial charge in [-0.05, 0) is 43.2 Å². The summed E-state index contributed by atoms with van der Waals surface area (Å²) in [5.74, 6) is 0. The Hall–Kier alpha value is -2.24. The number of hydrogen-bond acceptors (Lipinski definition) is 3. The van der Waals surface area contributed by atoms with Gasteiger partial charge >= 0.3 is 0 Å². The first kappa shape index (κ1) is 15.6. The number of benzene rings is 2. The van der Waals surface area contributed by atoms with Crippen molar-refractivity contribution in [3.05, 3.63) is 71.4 Å². The highest BCUT2D eigenvalue weighted by atomic mass is 32.2. The summed E-state index contributed by atoms with van der Waals surface area (Å²) in [4.78, 5) is 4.66. The summed E-state index contributed by atoms with van der Waals surface area (Å²) in [6.45, 7) is 4.15. The molecule has 0 saturated carbocycles. The van der Waals surface area contributed by atoms with Gasteiger partial charge in [0.25, 0.3) is 0 Å². The summed E-state index contributed by atoms with van der Waals surface area (Å²) in [5.41, 5.74) is 3.84. The molecule has 0 aliphatic carbocycles. The maximum atomic E-state index is 12.4. The fourth-order valence-corrected chi connectivity index (χ4v) is 3.50. The second-order valence-electron chi connectivity index (χ2n) is 5.58. The van der Waals surface area contributed by atoms with E-state index >= 15 is 0 Å². The van der Waals surface area contributed by atoms with E-state index in [1.54, 1.807) is 30.5 Å². The number of aryl methyl sites for hydroxylation is 2. The second-order valence-corrected chi connectivity index (χ2v) is 7.35. The second kappa shape index (κ2) is 6.10. The smallest absolute Gasteiger partial charge is 0.240 e. The summed E-state index contributed by atoms with van der Waals surface area (Å²) in [6, 6.07) is 14.6. The number of pyridine rings is 1. The molecule has 0 amide bonds. The molecule has 1 heterocycles. The number of rotatable bonds is 4. The normalized spacial score (nSPS) is 11.7. The number of nitrogens with zero attached hydrogens (tertiary/aromatic N) is 1. The Morgan fingerprint density at radius 1 is 1.00 bits per heavy atom. The topological polar surface area (TPSA) is 59.1 Å². The number of sulfonamides is 1. The molecular weight excluding hydrogens is 308 g/mol. The molecule has 0 aliphatic heterocycles. The van der Waals surface area contributed by atoms with Crippen molar-refractivity contribution in [2.45, 2.75) is 25.3 Å². The maximum absolute atomic E-state index is 12.4. The van der Waals surface area contributed by atoms with E-state index in [0.29, 0.717) is 0 Å². The minimum Gasteiger partial charge on any atom is -0.256 e. The minimum atomic E-state index is -3.53. The van der Waals surface area contributed by atoms with Gasteiger partial charge in [0.15, 0.2) is 0 Å². The minimum absolute atomic E-state index is 0.212. The molecule has 2 aromatic carbocycles. The van der Waals surface area contributed by atoms with E-state index in [0.717, 1.165) is 27.6 Å². The zero-order chi connectivity index (χ0) is 16.4. The molecule has 3 rings (SSSR count). The molecule has 0 unspecified atom stereocenters. The first-order valence-electron chi connectivity index (χ1n) is 7.37. The Morgan fingerprint density at radius 2 is 1.74 bits per heavy atom. The first-order valence-corrected chi connectivity index (χ1v) is 8.85. The van der Waals surface area contributed by atoms with Crippen LogP contribution in [0.3, 0.4) is 0 Å². The molecule has 1 N–H and O–H groups in total. The maximum Gasteiger partial charge on any atom is 0.240 e.